The van der Waals surface area contributed by atoms with Crippen LogP contribution in [0.25, 0.3) is 10.9 Å². The van der Waals surface area contributed by atoms with Crippen LogP contribution in [0.5, 0.6) is 5.75 Å². The number of carbonyl (C=O) groups is 1. The van der Waals surface area contributed by atoms with Crippen LogP contribution in [0.4, 0.5) is 0 Å². The molecule has 1 aromatic heterocycles. The van der Waals surface area contributed by atoms with Gasteiger partial charge in [-0.2, -0.15) is 0 Å². The Morgan fingerprint density at radius 1 is 1.39 bits per heavy atom. The predicted octanol–water partition coefficient (Wildman–Crippen LogP) is 3.56. The minimum atomic E-state index is -1.13. The van der Waals surface area contributed by atoms with Crippen molar-refractivity contribution >= 4 is 40.1 Å². The molecule has 0 bridgehead atoms. The van der Waals surface area contributed by atoms with E-state index < -0.39 is 5.97 Å². The fraction of sp³-hybridized carbons (Fsp3) is 0.167. The smallest absolute Gasteiger partial charge is 0.339 e. The molecule has 0 aliphatic rings. The molecule has 0 atom stereocenters. The Morgan fingerprint density at radius 3 is 2.61 bits per heavy atom. The van der Waals surface area contributed by atoms with Gasteiger partial charge in [0.15, 0.2) is 0 Å². The summed E-state index contributed by atoms with van der Waals surface area (Å²) in [4.78, 5) is 15.2. The summed E-state index contributed by atoms with van der Waals surface area (Å²) in [5, 5.41) is 10.0. The average Bonchev–Trinajstić information content (AvgIpc) is 2.30. The van der Waals surface area contributed by atoms with Crippen molar-refractivity contribution in [2.45, 2.75) is 6.92 Å². The maximum atomic E-state index is 11.2. The molecule has 94 valence electrons. The fourth-order valence-electron chi connectivity index (χ4n) is 1.87. The molecule has 1 N–H and O–H groups in total. The van der Waals surface area contributed by atoms with Crippen LogP contribution in [0, 0.1) is 6.92 Å². The lowest BCUT2D eigenvalue weighted by Gasteiger charge is -2.12. The van der Waals surface area contributed by atoms with Gasteiger partial charge >= 0.3 is 5.97 Å². The first-order chi connectivity index (χ1) is 8.47. The largest absolute Gasteiger partial charge is 0.496 e. The van der Waals surface area contributed by atoms with Crippen LogP contribution < -0.4 is 4.74 Å². The number of nitrogens with zero attached hydrogens (tertiary/aromatic N) is 1. The maximum absolute atomic E-state index is 11.2. The lowest BCUT2D eigenvalue weighted by molar-refractivity contribution is 0.0696. The molecule has 4 nitrogen and oxygen atoms in total. The zero-order valence-electron chi connectivity index (χ0n) is 9.62. The van der Waals surface area contributed by atoms with Crippen LogP contribution >= 0.6 is 23.2 Å². The first-order valence-corrected chi connectivity index (χ1v) is 5.78. The molecule has 18 heavy (non-hydrogen) atoms. The van der Waals surface area contributed by atoms with Crippen molar-refractivity contribution < 1.29 is 14.6 Å². The van der Waals surface area contributed by atoms with E-state index in [4.69, 9.17) is 33.0 Å². The molecule has 2 aromatic rings. The van der Waals surface area contributed by atoms with E-state index in [9.17, 15) is 4.79 Å². The number of methoxy groups -OCH3 is 1. The zero-order chi connectivity index (χ0) is 13.4. The van der Waals surface area contributed by atoms with Gasteiger partial charge in [-0.15, -0.1) is 0 Å². The molecular formula is C12H9Cl2NO3. The second-order valence-electron chi connectivity index (χ2n) is 3.68. The highest BCUT2D eigenvalue weighted by atomic mass is 35.5. The topological polar surface area (TPSA) is 59.4 Å². The molecule has 0 radical (unpaired) electrons. The highest BCUT2D eigenvalue weighted by Crippen LogP contribution is 2.36. The molecule has 0 aliphatic heterocycles. The van der Waals surface area contributed by atoms with Crippen molar-refractivity contribution in [2.24, 2.45) is 0 Å². The number of pyridine rings is 1. The molecule has 1 heterocycles. The van der Waals surface area contributed by atoms with Crippen LogP contribution in [0.15, 0.2) is 12.1 Å². The standard InChI is InChI=1S/C12H9Cl2NO3/c1-5-8-7(18-2)4-3-6(13)10(8)15-11(14)9(5)12(16)17/h3-4H,1-2H3,(H,16,17). The molecule has 0 saturated heterocycles. The Balaban J connectivity index is 3.00. The Labute approximate surface area is 113 Å². The predicted molar refractivity (Wildman–Crippen MR) is 70.0 cm³/mol. The van der Waals surface area contributed by atoms with Crippen LogP contribution in [0.2, 0.25) is 10.2 Å². The maximum Gasteiger partial charge on any atom is 0.339 e. The van der Waals surface area contributed by atoms with Gasteiger partial charge in [0.25, 0.3) is 0 Å². The van der Waals surface area contributed by atoms with Crippen molar-refractivity contribution in [1.82, 2.24) is 4.98 Å². The Morgan fingerprint density at radius 2 is 2.06 bits per heavy atom. The third-order valence-electron chi connectivity index (χ3n) is 2.69. The van der Waals surface area contributed by atoms with Gasteiger partial charge in [0.1, 0.15) is 16.5 Å². The number of benzene rings is 1. The quantitative estimate of drug-likeness (QED) is 0.857. The van der Waals surface area contributed by atoms with E-state index in [0.29, 0.717) is 27.2 Å². The van der Waals surface area contributed by atoms with Gasteiger partial charge in [-0.05, 0) is 24.6 Å². The third-order valence-corrected chi connectivity index (χ3v) is 3.27. The molecule has 6 heteroatoms. The van der Waals surface area contributed by atoms with Crippen molar-refractivity contribution in [3.63, 3.8) is 0 Å². The van der Waals surface area contributed by atoms with Gasteiger partial charge in [0.05, 0.1) is 17.6 Å². The second-order valence-corrected chi connectivity index (χ2v) is 4.45. The molecule has 0 amide bonds. The molecule has 1 aromatic carbocycles. The summed E-state index contributed by atoms with van der Waals surface area (Å²) in [7, 11) is 1.50. The molecule has 0 unspecified atom stereocenters. The number of hydrogen-bond acceptors (Lipinski definition) is 3. The summed E-state index contributed by atoms with van der Waals surface area (Å²) in [5.74, 6) is -0.618. The number of carboxylic acid groups (broad SMARTS) is 1. The van der Waals surface area contributed by atoms with E-state index in [-0.39, 0.29) is 10.7 Å². The molecular weight excluding hydrogens is 277 g/mol. The van der Waals surface area contributed by atoms with E-state index in [1.54, 1.807) is 19.1 Å². The number of ether oxygens (including phenoxy) is 1. The summed E-state index contributed by atoms with van der Waals surface area (Å²) in [6.07, 6.45) is 0. The van der Waals surface area contributed by atoms with E-state index in [1.165, 1.54) is 7.11 Å². The van der Waals surface area contributed by atoms with Gasteiger partial charge in [-0.3, -0.25) is 0 Å². The summed E-state index contributed by atoms with van der Waals surface area (Å²) < 4.78 is 5.20. The van der Waals surface area contributed by atoms with Crippen LogP contribution in [0.3, 0.4) is 0 Å². The lowest BCUT2D eigenvalue weighted by Crippen LogP contribution is -2.04. The van der Waals surface area contributed by atoms with Gasteiger partial charge in [-0.25, -0.2) is 9.78 Å². The molecule has 0 spiro atoms. The van der Waals surface area contributed by atoms with E-state index >= 15 is 0 Å². The van der Waals surface area contributed by atoms with Crippen LogP contribution in [0.1, 0.15) is 15.9 Å². The summed E-state index contributed by atoms with van der Waals surface area (Å²) >= 11 is 11.9. The van der Waals surface area contributed by atoms with Gasteiger partial charge in [-0.1, -0.05) is 23.2 Å². The Hall–Kier alpha value is -1.52. The number of aryl methyl sites for hydroxylation is 1. The first kappa shape index (κ1) is 12.9. The summed E-state index contributed by atoms with van der Waals surface area (Å²) in [6.45, 7) is 1.65. The van der Waals surface area contributed by atoms with Gasteiger partial charge < -0.3 is 9.84 Å². The monoisotopic (exact) mass is 285 g/mol. The first-order valence-electron chi connectivity index (χ1n) is 5.03. The normalized spacial score (nSPS) is 10.7. The third kappa shape index (κ3) is 1.87. The minimum Gasteiger partial charge on any atom is -0.496 e. The Bertz CT molecular complexity index is 656. The minimum absolute atomic E-state index is 0.0373. The molecule has 0 fully saturated rings. The lowest BCUT2D eigenvalue weighted by atomic mass is 10.0. The fourth-order valence-corrected chi connectivity index (χ4v) is 2.38. The highest BCUT2D eigenvalue weighted by Gasteiger charge is 2.20. The van der Waals surface area contributed by atoms with Crippen molar-refractivity contribution in [2.75, 3.05) is 7.11 Å². The summed E-state index contributed by atoms with van der Waals surface area (Å²) in [5.41, 5.74) is 0.880. The molecule has 0 aliphatic carbocycles. The van der Waals surface area contributed by atoms with Crippen LogP contribution in [-0.4, -0.2) is 23.2 Å². The number of rotatable bonds is 2. The van der Waals surface area contributed by atoms with Crippen LogP contribution in [-0.2, 0) is 0 Å². The molecule has 2 rings (SSSR count). The number of carboxylic acids is 1. The summed E-state index contributed by atoms with van der Waals surface area (Å²) in [6, 6.07) is 3.30. The van der Waals surface area contributed by atoms with E-state index in [2.05, 4.69) is 4.98 Å². The average molecular weight is 286 g/mol. The van der Waals surface area contributed by atoms with Crippen molar-refractivity contribution in [1.29, 1.82) is 0 Å². The van der Waals surface area contributed by atoms with Gasteiger partial charge in [0, 0.05) is 5.39 Å². The zero-order valence-corrected chi connectivity index (χ0v) is 11.1. The number of hydrogen-bond donors (Lipinski definition) is 1. The number of aromatic nitrogens is 1. The van der Waals surface area contributed by atoms with Crippen molar-refractivity contribution in [3.8, 4) is 5.75 Å². The number of aromatic carboxylic acids is 1. The number of fused-ring (bicyclic) bond motifs is 1. The SMILES string of the molecule is COc1ccc(Cl)c2nc(Cl)c(C(=O)O)c(C)c12. The molecule has 0 saturated carbocycles. The second kappa shape index (κ2) is 4.63. The van der Waals surface area contributed by atoms with E-state index in [0.717, 1.165) is 0 Å². The van der Waals surface area contributed by atoms with Crippen molar-refractivity contribution in [3.05, 3.63) is 33.4 Å². The van der Waals surface area contributed by atoms with E-state index in [1.807, 2.05) is 0 Å². The Kier molecular flexibility index (Phi) is 3.32. The highest BCUT2D eigenvalue weighted by molar-refractivity contribution is 6.37. The number of halogens is 2. The van der Waals surface area contributed by atoms with Gasteiger partial charge in [0.2, 0.25) is 0 Å².